The molecule has 106 valence electrons. The first-order chi connectivity index (χ1) is 9.02. The number of anilines is 2. The lowest BCUT2D eigenvalue weighted by molar-refractivity contribution is -0.113. The van der Waals surface area contributed by atoms with E-state index in [4.69, 9.17) is 10.5 Å². The maximum absolute atomic E-state index is 11.7. The van der Waals surface area contributed by atoms with Crippen molar-refractivity contribution in [3.8, 4) is 0 Å². The quantitative estimate of drug-likeness (QED) is 0.581. The zero-order chi connectivity index (χ0) is 14.3. The van der Waals surface area contributed by atoms with Crippen LogP contribution in [0.2, 0.25) is 0 Å². The second-order valence-corrected chi connectivity index (χ2v) is 6.35. The van der Waals surface area contributed by atoms with Crippen LogP contribution < -0.4 is 11.1 Å². The molecule has 0 saturated carbocycles. The van der Waals surface area contributed by atoms with Crippen LogP contribution in [0.5, 0.6) is 0 Å². The number of ether oxygens (including phenoxy) is 1. The van der Waals surface area contributed by atoms with Crippen LogP contribution in [-0.2, 0) is 20.3 Å². The Balaban J connectivity index is 2.44. The molecule has 0 fully saturated rings. The van der Waals surface area contributed by atoms with E-state index in [-0.39, 0.29) is 11.7 Å². The van der Waals surface area contributed by atoms with E-state index in [1.165, 1.54) is 0 Å². The summed E-state index contributed by atoms with van der Waals surface area (Å²) in [6.07, 6.45) is 0.682. The molecule has 1 aromatic carbocycles. The topological polar surface area (TPSA) is 81.4 Å². The van der Waals surface area contributed by atoms with Crippen molar-refractivity contribution in [2.24, 2.45) is 0 Å². The number of nitrogens with two attached hydrogens (primary N) is 1. The highest BCUT2D eigenvalue weighted by Gasteiger charge is 2.10. The standard InChI is InChI=1S/C12H17BrN2O3S/c1-18-5-2-6-19(17)8-12(16)15-11-4-3-9(14)7-10(11)13/h3-4,7H,2,5-6,8,14H2,1H3,(H,15,16). The van der Waals surface area contributed by atoms with Gasteiger partial charge in [0, 0.05) is 40.4 Å². The maximum Gasteiger partial charge on any atom is 0.237 e. The second-order valence-electron chi connectivity index (χ2n) is 3.92. The van der Waals surface area contributed by atoms with Crippen molar-refractivity contribution in [3.05, 3.63) is 22.7 Å². The van der Waals surface area contributed by atoms with E-state index in [1.54, 1.807) is 25.3 Å². The van der Waals surface area contributed by atoms with Crippen LogP contribution in [0.3, 0.4) is 0 Å². The minimum absolute atomic E-state index is 0.0134. The summed E-state index contributed by atoms with van der Waals surface area (Å²) < 4.78 is 17.2. The number of benzene rings is 1. The van der Waals surface area contributed by atoms with Crippen LogP contribution in [0.15, 0.2) is 22.7 Å². The summed E-state index contributed by atoms with van der Waals surface area (Å²) in [5.74, 6) is 0.172. The zero-order valence-electron chi connectivity index (χ0n) is 10.6. The highest BCUT2D eigenvalue weighted by molar-refractivity contribution is 9.10. The molecule has 5 nitrogen and oxygen atoms in total. The Kier molecular flexibility index (Phi) is 7.04. The van der Waals surface area contributed by atoms with E-state index >= 15 is 0 Å². The van der Waals surface area contributed by atoms with Crippen molar-refractivity contribution in [3.63, 3.8) is 0 Å². The Hall–Kier alpha value is -0.920. The van der Waals surface area contributed by atoms with Gasteiger partial charge in [-0.1, -0.05) is 0 Å². The minimum atomic E-state index is -1.17. The molecule has 0 heterocycles. The largest absolute Gasteiger partial charge is 0.399 e. The average Bonchev–Trinajstić information content (AvgIpc) is 2.33. The van der Waals surface area contributed by atoms with Gasteiger partial charge in [-0.3, -0.25) is 9.00 Å². The number of hydrogen-bond donors (Lipinski definition) is 2. The molecule has 0 aliphatic heterocycles. The van der Waals surface area contributed by atoms with Crippen LogP contribution >= 0.6 is 15.9 Å². The lowest BCUT2D eigenvalue weighted by Gasteiger charge is -2.08. The van der Waals surface area contributed by atoms with E-state index in [0.29, 0.717) is 34.6 Å². The van der Waals surface area contributed by atoms with Gasteiger partial charge in [0.2, 0.25) is 5.91 Å². The number of nitrogen functional groups attached to an aromatic ring is 1. The monoisotopic (exact) mass is 348 g/mol. The molecule has 0 aromatic heterocycles. The number of halogens is 1. The lowest BCUT2D eigenvalue weighted by Crippen LogP contribution is -2.21. The molecule has 0 aliphatic rings. The molecule has 1 atom stereocenters. The van der Waals surface area contributed by atoms with Crippen molar-refractivity contribution >= 4 is 44.0 Å². The van der Waals surface area contributed by atoms with Crippen LogP contribution in [0.1, 0.15) is 6.42 Å². The summed E-state index contributed by atoms with van der Waals surface area (Å²) in [6.45, 7) is 0.552. The van der Waals surface area contributed by atoms with Crippen molar-refractivity contribution < 1.29 is 13.7 Å². The van der Waals surface area contributed by atoms with Crippen molar-refractivity contribution in [2.45, 2.75) is 6.42 Å². The lowest BCUT2D eigenvalue weighted by atomic mass is 10.3. The summed E-state index contributed by atoms with van der Waals surface area (Å²) in [5, 5.41) is 2.69. The number of methoxy groups -OCH3 is 1. The highest BCUT2D eigenvalue weighted by atomic mass is 79.9. The van der Waals surface area contributed by atoms with E-state index in [1.807, 2.05) is 0 Å². The molecule has 0 saturated heterocycles. The fourth-order valence-corrected chi connectivity index (χ4v) is 2.85. The van der Waals surface area contributed by atoms with Gasteiger partial charge in [0.05, 0.1) is 5.69 Å². The van der Waals surface area contributed by atoms with Gasteiger partial charge in [0.25, 0.3) is 0 Å². The van der Waals surface area contributed by atoms with E-state index in [2.05, 4.69) is 21.2 Å². The van der Waals surface area contributed by atoms with Crippen LogP contribution in [-0.4, -0.2) is 35.3 Å². The Morgan fingerprint density at radius 3 is 2.89 bits per heavy atom. The van der Waals surface area contributed by atoms with Gasteiger partial charge >= 0.3 is 0 Å². The third-order valence-corrected chi connectivity index (χ3v) is 4.26. The summed E-state index contributed by atoms with van der Waals surface area (Å²) >= 11 is 3.31. The molecule has 1 aromatic rings. The highest BCUT2D eigenvalue weighted by Crippen LogP contribution is 2.24. The third-order valence-electron chi connectivity index (χ3n) is 2.28. The van der Waals surface area contributed by atoms with Gasteiger partial charge in [-0.15, -0.1) is 0 Å². The van der Waals surface area contributed by atoms with Crippen LogP contribution in [0, 0.1) is 0 Å². The van der Waals surface area contributed by atoms with Gasteiger partial charge < -0.3 is 15.8 Å². The number of hydrogen-bond acceptors (Lipinski definition) is 4. The number of carbonyl (C=O) groups is 1. The SMILES string of the molecule is COCCCS(=O)CC(=O)Nc1ccc(N)cc1Br. The maximum atomic E-state index is 11.7. The molecule has 1 amide bonds. The minimum Gasteiger partial charge on any atom is -0.399 e. The molecule has 3 N–H and O–H groups in total. The predicted molar refractivity (Wildman–Crippen MR) is 81.6 cm³/mol. The molecule has 0 radical (unpaired) electrons. The van der Waals surface area contributed by atoms with Gasteiger partial charge in [-0.25, -0.2) is 0 Å². The third kappa shape index (κ3) is 6.17. The van der Waals surface area contributed by atoms with Crippen molar-refractivity contribution in [1.82, 2.24) is 0 Å². The summed E-state index contributed by atoms with van der Waals surface area (Å²) in [7, 11) is 0.423. The molecule has 19 heavy (non-hydrogen) atoms. The molecule has 1 unspecified atom stereocenters. The molecule has 7 heteroatoms. The summed E-state index contributed by atoms with van der Waals surface area (Å²) in [6, 6.07) is 5.09. The zero-order valence-corrected chi connectivity index (χ0v) is 13.1. The van der Waals surface area contributed by atoms with Crippen LogP contribution in [0.25, 0.3) is 0 Å². The fourth-order valence-electron chi connectivity index (χ4n) is 1.40. The number of nitrogens with one attached hydrogen (secondary N) is 1. The number of rotatable bonds is 7. The summed E-state index contributed by atoms with van der Waals surface area (Å²) in [4.78, 5) is 11.7. The van der Waals surface area contributed by atoms with Gasteiger partial charge in [-0.05, 0) is 40.5 Å². The average molecular weight is 349 g/mol. The molecule has 0 bridgehead atoms. The Labute approximate surface area is 123 Å². The second kappa shape index (κ2) is 8.29. The first kappa shape index (κ1) is 16.1. The number of carbonyl (C=O) groups excluding carboxylic acids is 1. The van der Waals surface area contributed by atoms with Crippen molar-refractivity contribution in [2.75, 3.05) is 36.3 Å². The first-order valence-corrected chi connectivity index (χ1v) is 8.00. The Bertz CT molecular complexity index is 468. The first-order valence-electron chi connectivity index (χ1n) is 5.71. The van der Waals surface area contributed by atoms with Gasteiger partial charge in [0.1, 0.15) is 5.75 Å². The fraction of sp³-hybridized carbons (Fsp3) is 0.417. The summed E-state index contributed by atoms with van der Waals surface area (Å²) in [5.41, 5.74) is 6.83. The van der Waals surface area contributed by atoms with Crippen molar-refractivity contribution in [1.29, 1.82) is 0 Å². The van der Waals surface area contributed by atoms with Gasteiger partial charge in [-0.2, -0.15) is 0 Å². The van der Waals surface area contributed by atoms with Gasteiger partial charge in [0.15, 0.2) is 0 Å². The molecule has 0 spiro atoms. The molecular formula is C12H17BrN2O3S. The molecule has 0 aliphatic carbocycles. The van der Waals surface area contributed by atoms with Crippen LogP contribution in [0.4, 0.5) is 11.4 Å². The number of amides is 1. The molecular weight excluding hydrogens is 332 g/mol. The smallest absolute Gasteiger partial charge is 0.237 e. The van der Waals surface area contributed by atoms with E-state index in [0.717, 1.165) is 0 Å². The molecule has 1 rings (SSSR count). The normalized spacial score (nSPS) is 12.1. The Morgan fingerprint density at radius 2 is 2.26 bits per heavy atom. The Morgan fingerprint density at radius 1 is 1.53 bits per heavy atom. The van der Waals surface area contributed by atoms with E-state index in [9.17, 15) is 9.00 Å². The van der Waals surface area contributed by atoms with E-state index < -0.39 is 10.8 Å². The predicted octanol–water partition coefficient (Wildman–Crippen LogP) is 1.75.